The summed E-state index contributed by atoms with van der Waals surface area (Å²) >= 11 is 0. The molecule has 1 aromatic rings. The van der Waals surface area contributed by atoms with Gasteiger partial charge in [-0.25, -0.2) is 4.79 Å². The Bertz CT molecular complexity index is 611. The predicted octanol–water partition coefficient (Wildman–Crippen LogP) is 8.13. The molecule has 0 radical (unpaired) electrons. The smallest absolute Gasteiger partial charge is 0.338 e. The molecule has 1 N–H and O–H groups in total. The molecule has 0 aliphatic heterocycles. The molecule has 1 unspecified atom stereocenters. The van der Waals surface area contributed by atoms with Gasteiger partial charge in [-0.05, 0) is 24.1 Å². The van der Waals surface area contributed by atoms with Crippen LogP contribution in [0.3, 0.4) is 0 Å². The highest BCUT2D eigenvalue weighted by Gasteiger charge is 2.13. The van der Waals surface area contributed by atoms with Gasteiger partial charge in [-0.3, -0.25) is 0 Å². The SMILES string of the molecule is C=Cc1ccc(C(=O)OCC(CO)OCCCCCCCCCCCCCCCCCC)cc1. The number of hydrogen-bond acceptors (Lipinski definition) is 4. The Labute approximate surface area is 209 Å². The summed E-state index contributed by atoms with van der Waals surface area (Å²) < 4.78 is 11.0. The van der Waals surface area contributed by atoms with Crippen molar-refractivity contribution >= 4 is 12.0 Å². The minimum Gasteiger partial charge on any atom is -0.459 e. The van der Waals surface area contributed by atoms with Gasteiger partial charge < -0.3 is 14.6 Å². The second-order valence-electron chi connectivity index (χ2n) is 9.40. The first kappa shape index (κ1) is 30.4. The second kappa shape index (κ2) is 21.9. The number of aliphatic hydroxyl groups is 1. The first-order chi connectivity index (χ1) is 16.7. The average molecular weight is 475 g/mol. The zero-order valence-electron chi connectivity index (χ0n) is 21.8. The highest BCUT2D eigenvalue weighted by Crippen LogP contribution is 2.14. The molecule has 1 atom stereocenters. The van der Waals surface area contributed by atoms with E-state index in [2.05, 4.69) is 13.5 Å². The van der Waals surface area contributed by atoms with Gasteiger partial charge in [0.25, 0.3) is 0 Å². The van der Waals surface area contributed by atoms with Crippen molar-refractivity contribution in [2.24, 2.45) is 0 Å². The Morgan fingerprint density at radius 3 is 1.74 bits per heavy atom. The molecular weight excluding hydrogens is 424 g/mol. The van der Waals surface area contributed by atoms with Crippen LogP contribution in [0.4, 0.5) is 0 Å². The summed E-state index contributed by atoms with van der Waals surface area (Å²) in [5.41, 5.74) is 1.44. The average Bonchev–Trinajstić information content (AvgIpc) is 2.87. The number of unbranched alkanes of at least 4 members (excludes halogenated alkanes) is 15. The number of carbonyl (C=O) groups is 1. The van der Waals surface area contributed by atoms with Crippen LogP contribution in [0.25, 0.3) is 6.08 Å². The third-order valence-electron chi connectivity index (χ3n) is 6.34. The second-order valence-corrected chi connectivity index (χ2v) is 9.40. The van der Waals surface area contributed by atoms with Gasteiger partial charge in [0, 0.05) is 6.61 Å². The van der Waals surface area contributed by atoms with Crippen LogP contribution < -0.4 is 0 Å². The van der Waals surface area contributed by atoms with E-state index in [1.165, 1.54) is 89.9 Å². The summed E-state index contributed by atoms with van der Waals surface area (Å²) in [5, 5.41) is 9.49. The van der Waals surface area contributed by atoms with E-state index in [1.54, 1.807) is 18.2 Å². The first-order valence-electron chi connectivity index (χ1n) is 13.8. The Kier molecular flexibility index (Phi) is 19.5. The predicted molar refractivity (Wildman–Crippen MR) is 143 cm³/mol. The van der Waals surface area contributed by atoms with E-state index in [4.69, 9.17) is 9.47 Å². The highest BCUT2D eigenvalue weighted by atomic mass is 16.6. The van der Waals surface area contributed by atoms with E-state index >= 15 is 0 Å². The largest absolute Gasteiger partial charge is 0.459 e. The van der Waals surface area contributed by atoms with Gasteiger partial charge in [-0.2, -0.15) is 0 Å². The van der Waals surface area contributed by atoms with Crippen molar-refractivity contribution in [3.8, 4) is 0 Å². The summed E-state index contributed by atoms with van der Waals surface area (Å²) in [4.78, 5) is 12.1. The molecule has 0 aliphatic carbocycles. The number of hydrogen-bond donors (Lipinski definition) is 1. The van der Waals surface area contributed by atoms with Gasteiger partial charge in [-0.15, -0.1) is 0 Å². The molecule has 0 aromatic heterocycles. The number of esters is 1. The van der Waals surface area contributed by atoms with Gasteiger partial charge in [0.05, 0.1) is 12.2 Å². The normalized spacial score (nSPS) is 11.9. The molecule has 0 fully saturated rings. The molecule has 0 bridgehead atoms. The van der Waals surface area contributed by atoms with Crippen LogP contribution in [0.5, 0.6) is 0 Å². The monoisotopic (exact) mass is 474 g/mol. The summed E-state index contributed by atoms with van der Waals surface area (Å²) in [5.74, 6) is -0.403. The standard InChI is InChI=1S/C30H50O4/c1-3-5-6-7-8-9-10-11-12-13-14-15-16-17-18-19-24-33-29(25-31)26-34-30(32)28-22-20-27(4-2)21-23-28/h4,20-23,29,31H,2-3,5-19,24-26H2,1H3. The summed E-state index contributed by atoms with van der Waals surface area (Å²) in [6, 6.07) is 7.07. The maximum Gasteiger partial charge on any atom is 0.338 e. The number of aliphatic hydroxyl groups excluding tert-OH is 1. The van der Waals surface area contributed by atoms with Gasteiger partial charge in [0.15, 0.2) is 0 Å². The van der Waals surface area contributed by atoms with Crippen molar-refractivity contribution in [2.45, 2.75) is 116 Å². The maximum atomic E-state index is 12.1. The third-order valence-corrected chi connectivity index (χ3v) is 6.34. The lowest BCUT2D eigenvalue weighted by atomic mass is 10.0. The van der Waals surface area contributed by atoms with Crippen LogP contribution >= 0.6 is 0 Å². The summed E-state index contributed by atoms with van der Waals surface area (Å²) in [6.07, 6.45) is 22.7. The minimum atomic E-state index is -0.465. The van der Waals surface area contributed by atoms with Crippen molar-refractivity contribution in [3.63, 3.8) is 0 Å². The summed E-state index contributed by atoms with van der Waals surface area (Å²) in [7, 11) is 0. The molecule has 1 rings (SSSR count). The van der Waals surface area contributed by atoms with Crippen LogP contribution in [-0.2, 0) is 9.47 Å². The molecule has 0 aliphatic rings. The topological polar surface area (TPSA) is 55.8 Å². The Morgan fingerprint density at radius 2 is 1.29 bits per heavy atom. The lowest BCUT2D eigenvalue weighted by Gasteiger charge is -2.15. The third kappa shape index (κ3) is 16.1. The molecule has 0 spiro atoms. The molecule has 194 valence electrons. The van der Waals surface area contributed by atoms with Crippen LogP contribution in [0.2, 0.25) is 0 Å². The fourth-order valence-electron chi connectivity index (χ4n) is 4.06. The first-order valence-corrected chi connectivity index (χ1v) is 13.8. The summed E-state index contributed by atoms with van der Waals surface area (Å²) in [6.45, 7) is 6.48. The Balaban J connectivity index is 1.91. The molecular formula is C30H50O4. The van der Waals surface area contributed by atoms with E-state index in [0.717, 1.165) is 18.4 Å². The van der Waals surface area contributed by atoms with E-state index in [-0.39, 0.29) is 13.2 Å². The Hall–Kier alpha value is -1.65. The molecule has 0 amide bonds. The molecule has 0 saturated carbocycles. The highest BCUT2D eigenvalue weighted by molar-refractivity contribution is 5.89. The van der Waals surface area contributed by atoms with E-state index in [9.17, 15) is 9.90 Å². The molecule has 34 heavy (non-hydrogen) atoms. The number of benzene rings is 1. The lowest BCUT2D eigenvalue weighted by Crippen LogP contribution is -2.26. The van der Waals surface area contributed by atoms with Crippen LogP contribution in [0.1, 0.15) is 126 Å². The zero-order chi connectivity index (χ0) is 24.7. The molecule has 1 aromatic carbocycles. The molecule has 0 saturated heterocycles. The van der Waals surface area contributed by atoms with Crippen LogP contribution in [0, 0.1) is 0 Å². The van der Waals surface area contributed by atoms with Crippen molar-refractivity contribution in [1.82, 2.24) is 0 Å². The van der Waals surface area contributed by atoms with E-state index < -0.39 is 12.1 Å². The quantitative estimate of drug-likeness (QED) is 0.128. The van der Waals surface area contributed by atoms with Gasteiger partial charge >= 0.3 is 5.97 Å². The zero-order valence-corrected chi connectivity index (χ0v) is 21.8. The van der Waals surface area contributed by atoms with Gasteiger partial charge in [0.1, 0.15) is 12.7 Å². The van der Waals surface area contributed by atoms with E-state index in [0.29, 0.717) is 12.2 Å². The van der Waals surface area contributed by atoms with Crippen molar-refractivity contribution in [3.05, 3.63) is 42.0 Å². The Morgan fingerprint density at radius 1 is 0.824 bits per heavy atom. The minimum absolute atomic E-state index is 0.0669. The van der Waals surface area contributed by atoms with E-state index in [1.807, 2.05) is 12.1 Å². The van der Waals surface area contributed by atoms with Crippen LogP contribution in [-0.4, -0.2) is 37.0 Å². The fraction of sp³-hybridized carbons (Fsp3) is 0.700. The van der Waals surface area contributed by atoms with Crippen molar-refractivity contribution in [1.29, 1.82) is 0 Å². The lowest BCUT2D eigenvalue weighted by molar-refractivity contribution is -0.0326. The molecule has 0 heterocycles. The van der Waals surface area contributed by atoms with Gasteiger partial charge in [0.2, 0.25) is 0 Å². The maximum absolute atomic E-state index is 12.1. The van der Waals surface area contributed by atoms with Crippen molar-refractivity contribution in [2.75, 3.05) is 19.8 Å². The fourth-order valence-corrected chi connectivity index (χ4v) is 4.06. The molecule has 4 heteroatoms. The van der Waals surface area contributed by atoms with Crippen molar-refractivity contribution < 1.29 is 19.4 Å². The van der Waals surface area contributed by atoms with Gasteiger partial charge in [-0.1, -0.05) is 128 Å². The molecule has 4 nitrogen and oxygen atoms in total. The van der Waals surface area contributed by atoms with Crippen LogP contribution in [0.15, 0.2) is 30.8 Å². The number of rotatable bonds is 23. The number of carbonyl (C=O) groups excluding carboxylic acids is 1. The number of ether oxygens (including phenoxy) is 2.